The van der Waals surface area contributed by atoms with Gasteiger partial charge < -0.3 is 9.72 Å². The van der Waals surface area contributed by atoms with Crippen molar-refractivity contribution < 1.29 is 22.3 Å². The summed E-state index contributed by atoms with van der Waals surface area (Å²) in [6.45, 7) is 0. The van der Waals surface area contributed by atoms with Crippen LogP contribution >= 0.6 is 11.6 Å². The van der Waals surface area contributed by atoms with Crippen LogP contribution in [0.5, 0.6) is 5.75 Å². The van der Waals surface area contributed by atoms with Crippen molar-refractivity contribution in [1.29, 1.82) is 0 Å². The Morgan fingerprint density at radius 1 is 1.47 bits per heavy atom. The zero-order chi connectivity index (χ0) is 11.6. The molecule has 0 aliphatic carbocycles. The molecule has 0 saturated carbocycles. The summed E-state index contributed by atoms with van der Waals surface area (Å²) in [5.41, 5.74) is -0.732. The third-order valence-electron chi connectivity index (χ3n) is 1.34. The molecule has 0 radical (unpaired) electrons. The molecule has 0 unspecified atom stereocenters. The van der Waals surface area contributed by atoms with Gasteiger partial charge in [0.05, 0.1) is 0 Å². The molecule has 0 atom stereocenters. The molecule has 0 saturated heterocycles. The van der Waals surface area contributed by atoms with E-state index in [9.17, 15) is 22.4 Å². The summed E-state index contributed by atoms with van der Waals surface area (Å²) in [5.74, 6) is -0.648. The summed E-state index contributed by atoms with van der Waals surface area (Å²) in [4.78, 5) is 12.6. The molecule has 84 valence electrons. The summed E-state index contributed by atoms with van der Waals surface area (Å²) in [6.07, 6.45) is -7.88. The molecule has 0 aliphatic rings. The number of hydrogen-bond acceptors (Lipinski definition) is 2. The first kappa shape index (κ1) is 11.8. The molecular weight excluding hydrogens is 242 g/mol. The number of pyridine rings is 1. The van der Waals surface area contributed by atoms with E-state index in [1.165, 1.54) is 0 Å². The molecule has 15 heavy (non-hydrogen) atoms. The first-order valence-electron chi connectivity index (χ1n) is 3.56. The van der Waals surface area contributed by atoms with Crippen LogP contribution in [-0.2, 0) is 0 Å². The van der Waals surface area contributed by atoms with E-state index in [-0.39, 0.29) is 0 Å². The fourth-order valence-electron chi connectivity index (χ4n) is 0.698. The van der Waals surface area contributed by atoms with E-state index >= 15 is 0 Å². The fraction of sp³-hybridized carbons (Fsp3) is 0.286. The Hall–Kier alpha value is -1.24. The third-order valence-corrected chi connectivity index (χ3v) is 1.62. The lowest BCUT2D eigenvalue weighted by Gasteiger charge is -2.16. The summed E-state index contributed by atoms with van der Waals surface area (Å²) in [7, 11) is 0. The molecule has 0 aliphatic heterocycles. The second-order valence-electron chi connectivity index (χ2n) is 2.48. The Bertz CT molecular complexity index is 406. The monoisotopic (exact) mass is 245 g/mol. The molecule has 1 N–H and O–H groups in total. The van der Waals surface area contributed by atoms with Crippen molar-refractivity contribution in [1.82, 2.24) is 4.98 Å². The summed E-state index contributed by atoms with van der Waals surface area (Å²) in [5, 5.41) is -0.433. The van der Waals surface area contributed by atoms with Gasteiger partial charge >= 0.3 is 12.5 Å². The van der Waals surface area contributed by atoms with Gasteiger partial charge in [-0.2, -0.15) is 17.6 Å². The van der Waals surface area contributed by atoms with Gasteiger partial charge in [-0.25, -0.2) is 0 Å². The standard InChI is InChI=1S/C7H4ClF4NO2/c8-4-1-3(2-13-5(4)14)15-7(11,12)6(9)10/h1-2,6H,(H,13,14). The minimum absolute atomic E-state index is 0.433. The molecule has 1 heterocycles. The maximum atomic E-state index is 12.4. The fourth-order valence-corrected chi connectivity index (χ4v) is 0.860. The zero-order valence-electron chi connectivity index (χ0n) is 6.94. The minimum Gasteiger partial charge on any atom is -0.427 e. The molecule has 1 rings (SSSR count). The molecule has 3 nitrogen and oxygen atoms in total. The van der Waals surface area contributed by atoms with Crippen LogP contribution in [0.15, 0.2) is 17.1 Å². The van der Waals surface area contributed by atoms with Crippen molar-refractivity contribution >= 4 is 11.6 Å². The number of aromatic amines is 1. The highest BCUT2D eigenvalue weighted by Gasteiger charge is 2.44. The molecule has 1 aromatic heterocycles. The van der Waals surface area contributed by atoms with Gasteiger partial charge in [0.25, 0.3) is 5.56 Å². The van der Waals surface area contributed by atoms with Gasteiger partial charge in [0.15, 0.2) is 0 Å². The molecule has 0 amide bonds. The lowest BCUT2D eigenvalue weighted by Crippen LogP contribution is -2.33. The molecule has 0 fully saturated rings. The third kappa shape index (κ3) is 2.85. The highest BCUT2D eigenvalue weighted by Crippen LogP contribution is 2.27. The molecule has 8 heteroatoms. The summed E-state index contributed by atoms with van der Waals surface area (Å²) < 4.78 is 51.8. The van der Waals surface area contributed by atoms with E-state index in [2.05, 4.69) is 4.74 Å². The first-order chi connectivity index (χ1) is 6.83. The van der Waals surface area contributed by atoms with E-state index in [4.69, 9.17) is 11.6 Å². The second-order valence-corrected chi connectivity index (χ2v) is 2.88. The number of H-pyrrole nitrogens is 1. The largest absolute Gasteiger partial charge is 0.461 e. The lowest BCUT2D eigenvalue weighted by molar-refractivity contribution is -0.253. The van der Waals surface area contributed by atoms with Gasteiger partial charge in [-0.15, -0.1) is 0 Å². The SMILES string of the molecule is O=c1[nH]cc(OC(F)(F)C(F)F)cc1Cl. The number of halogens is 5. The molecule has 1 aromatic rings. The molecule has 0 aromatic carbocycles. The average Bonchev–Trinajstić information content (AvgIpc) is 2.10. The van der Waals surface area contributed by atoms with Crippen LogP contribution < -0.4 is 10.3 Å². The maximum absolute atomic E-state index is 12.4. The van der Waals surface area contributed by atoms with Crippen LogP contribution in [0.25, 0.3) is 0 Å². The highest BCUT2D eigenvalue weighted by molar-refractivity contribution is 6.30. The quantitative estimate of drug-likeness (QED) is 0.830. The minimum atomic E-state index is -4.62. The van der Waals surface area contributed by atoms with Crippen LogP contribution in [0, 0.1) is 0 Å². The van der Waals surface area contributed by atoms with Gasteiger partial charge in [0.1, 0.15) is 10.8 Å². The Balaban J connectivity index is 2.91. The second kappa shape index (κ2) is 4.09. The lowest BCUT2D eigenvalue weighted by atomic mass is 10.4. The first-order valence-corrected chi connectivity index (χ1v) is 3.94. The van der Waals surface area contributed by atoms with Gasteiger partial charge in [-0.3, -0.25) is 4.79 Å². The summed E-state index contributed by atoms with van der Waals surface area (Å²) >= 11 is 5.27. The molecular formula is C7H4ClF4NO2. The van der Waals surface area contributed by atoms with Crippen molar-refractivity contribution in [2.45, 2.75) is 12.5 Å². The smallest absolute Gasteiger partial charge is 0.427 e. The van der Waals surface area contributed by atoms with Gasteiger partial charge in [0, 0.05) is 12.3 Å². The predicted molar refractivity (Wildman–Crippen MR) is 43.7 cm³/mol. The number of ether oxygens (including phenoxy) is 1. The van der Waals surface area contributed by atoms with Crippen molar-refractivity contribution in [3.8, 4) is 5.75 Å². The maximum Gasteiger partial charge on any atom is 0.461 e. The predicted octanol–water partition coefficient (Wildman–Crippen LogP) is 2.27. The topological polar surface area (TPSA) is 42.1 Å². The average molecular weight is 246 g/mol. The van der Waals surface area contributed by atoms with Crippen molar-refractivity contribution in [2.75, 3.05) is 0 Å². The summed E-state index contributed by atoms with van der Waals surface area (Å²) in [6, 6.07) is 0.719. The Morgan fingerprint density at radius 2 is 2.07 bits per heavy atom. The number of alkyl halides is 4. The van der Waals surface area contributed by atoms with Gasteiger partial charge in [-0.05, 0) is 0 Å². The van der Waals surface area contributed by atoms with Gasteiger partial charge in [-0.1, -0.05) is 11.6 Å². The Kier molecular flexibility index (Phi) is 3.23. The molecule has 0 spiro atoms. The van der Waals surface area contributed by atoms with Crippen LogP contribution in [0.1, 0.15) is 0 Å². The van der Waals surface area contributed by atoms with E-state index in [1.54, 1.807) is 0 Å². The zero-order valence-corrected chi connectivity index (χ0v) is 7.69. The van der Waals surface area contributed by atoms with E-state index in [0.717, 1.165) is 6.07 Å². The van der Waals surface area contributed by atoms with Crippen LogP contribution in [0.4, 0.5) is 17.6 Å². The van der Waals surface area contributed by atoms with Gasteiger partial charge in [0.2, 0.25) is 0 Å². The van der Waals surface area contributed by atoms with Crippen molar-refractivity contribution in [3.05, 3.63) is 27.6 Å². The van der Waals surface area contributed by atoms with Crippen LogP contribution in [0.3, 0.4) is 0 Å². The van der Waals surface area contributed by atoms with Crippen LogP contribution in [-0.4, -0.2) is 17.5 Å². The van der Waals surface area contributed by atoms with Crippen LogP contribution in [0.2, 0.25) is 5.02 Å². The Labute approximate surface area is 85.6 Å². The highest BCUT2D eigenvalue weighted by atomic mass is 35.5. The van der Waals surface area contributed by atoms with E-state index in [1.807, 2.05) is 4.98 Å². The number of hydrogen-bond donors (Lipinski definition) is 1. The number of aromatic nitrogens is 1. The van der Waals surface area contributed by atoms with E-state index < -0.39 is 28.9 Å². The van der Waals surface area contributed by atoms with E-state index in [0.29, 0.717) is 6.20 Å². The van der Waals surface area contributed by atoms with Crippen molar-refractivity contribution in [3.63, 3.8) is 0 Å². The number of rotatable bonds is 3. The molecule has 0 bridgehead atoms. The normalized spacial score (nSPS) is 11.9. The number of nitrogens with one attached hydrogen (secondary N) is 1. The van der Waals surface area contributed by atoms with Crippen molar-refractivity contribution in [2.24, 2.45) is 0 Å². The Morgan fingerprint density at radius 3 is 2.53 bits per heavy atom.